The highest BCUT2D eigenvalue weighted by molar-refractivity contribution is 7.55. The SMILES string of the molecule is CC(C)[Si]([Si-][Si](C(C)C)(C(C)C)C(C)C)(C(C)C)C(C)C. The molecule has 0 bridgehead atoms. The van der Waals surface area contributed by atoms with Crippen molar-refractivity contribution in [2.75, 3.05) is 0 Å². The molecule has 1 radical (unpaired) electrons. The van der Waals surface area contributed by atoms with E-state index in [1.165, 1.54) is 8.55 Å². The minimum Gasteiger partial charge on any atom is -0.422 e. The Hall–Kier alpha value is 0.651. The molecule has 0 rings (SSSR count). The molecule has 0 aromatic heterocycles. The summed E-state index contributed by atoms with van der Waals surface area (Å²) in [4.78, 5) is 0. The topological polar surface area (TPSA) is 0 Å². The van der Waals surface area contributed by atoms with Crippen LogP contribution in [0.25, 0.3) is 0 Å². The highest BCUT2D eigenvalue weighted by atomic mass is 29.6. The summed E-state index contributed by atoms with van der Waals surface area (Å²) < 4.78 is 0. The Morgan fingerprint density at radius 2 is 0.524 bits per heavy atom. The van der Waals surface area contributed by atoms with E-state index >= 15 is 0 Å². The Balaban J connectivity index is 6.06. The fourth-order valence-corrected chi connectivity index (χ4v) is 45.5. The molecular weight excluding hydrogens is 300 g/mol. The van der Waals surface area contributed by atoms with Gasteiger partial charge in [0.05, 0.1) is 0 Å². The fourth-order valence-electron chi connectivity index (χ4n) is 5.24. The van der Waals surface area contributed by atoms with Crippen LogP contribution in [0, 0.1) is 0 Å². The molecule has 127 valence electrons. The van der Waals surface area contributed by atoms with Crippen LogP contribution in [0.3, 0.4) is 0 Å². The van der Waals surface area contributed by atoms with E-state index in [-0.39, 0.29) is 0 Å². The predicted molar refractivity (Wildman–Crippen MR) is 108 cm³/mol. The van der Waals surface area contributed by atoms with Gasteiger partial charge in [-0.3, -0.25) is 0 Å². The zero-order valence-electron chi connectivity index (χ0n) is 17.0. The Labute approximate surface area is 140 Å². The molecule has 0 aliphatic heterocycles. The second kappa shape index (κ2) is 7.96. The summed E-state index contributed by atoms with van der Waals surface area (Å²) >= 11 is 0. The van der Waals surface area contributed by atoms with Gasteiger partial charge in [-0.15, -0.1) is 15.2 Å². The average Bonchev–Trinajstić information content (AvgIpc) is 2.26. The van der Waals surface area contributed by atoms with E-state index in [0.717, 1.165) is 33.2 Å². The normalized spacial score (nSPS) is 14.6. The standard InChI is InChI=1S/C18H42Si3/c1-13(2)20(14(3)4,15(5)6)19-21(16(7)8,17(9)10)18(11)12/h13-18H,1-12H3/q-1. The highest BCUT2D eigenvalue weighted by Crippen LogP contribution is 2.48. The van der Waals surface area contributed by atoms with Crippen molar-refractivity contribution in [2.24, 2.45) is 0 Å². The molecule has 0 nitrogen and oxygen atoms in total. The minimum absolute atomic E-state index is 0.916. The molecule has 0 atom stereocenters. The van der Waals surface area contributed by atoms with Crippen LogP contribution >= 0.6 is 0 Å². The number of rotatable bonds is 8. The van der Waals surface area contributed by atoms with Gasteiger partial charge < -0.3 is 8.55 Å². The van der Waals surface area contributed by atoms with Gasteiger partial charge in [-0.25, -0.2) is 0 Å². The maximum absolute atomic E-state index is 2.54. The van der Waals surface area contributed by atoms with Crippen molar-refractivity contribution in [3.63, 3.8) is 0 Å². The molecule has 0 fully saturated rings. The zero-order chi connectivity index (χ0) is 17.2. The number of hydrogen-bond donors (Lipinski definition) is 0. The van der Waals surface area contributed by atoms with Crippen LogP contribution < -0.4 is 0 Å². The summed E-state index contributed by atoms with van der Waals surface area (Å²) in [5.41, 5.74) is 5.49. The van der Waals surface area contributed by atoms with Crippen LogP contribution in [-0.4, -0.2) is 23.7 Å². The molecule has 0 heterocycles. The maximum Gasteiger partial charge on any atom is -0.0679 e. The first-order valence-electron chi connectivity index (χ1n) is 9.16. The van der Waals surface area contributed by atoms with Crippen LogP contribution in [0.5, 0.6) is 0 Å². The van der Waals surface area contributed by atoms with Gasteiger partial charge in [0.2, 0.25) is 0 Å². The van der Waals surface area contributed by atoms with E-state index in [2.05, 4.69) is 83.1 Å². The van der Waals surface area contributed by atoms with Gasteiger partial charge in [0, 0.05) is 0 Å². The smallest absolute Gasteiger partial charge is 0.0679 e. The summed E-state index contributed by atoms with van der Waals surface area (Å²) in [7, 11) is -1.21. The first-order valence-corrected chi connectivity index (χ1v) is 16.6. The largest absolute Gasteiger partial charge is 0.422 e. The summed E-state index contributed by atoms with van der Waals surface area (Å²) in [6.07, 6.45) is 0. The van der Waals surface area contributed by atoms with Crippen LogP contribution in [0.2, 0.25) is 33.2 Å². The van der Waals surface area contributed by atoms with E-state index in [1.807, 2.05) is 0 Å². The molecule has 0 saturated heterocycles. The van der Waals surface area contributed by atoms with Gasteiger partial charge in [-0.2, -0.15) is 0 Å². The summed E-state index contributed by atoms with van der Waals surface area (Å²) in [5.74, 6) is 0. The van der Waals surface area contributed by atoms with Crippen molar-refractivity contribution in [3.8, 4) is 0 Å². The molecule has 0 spiro atoms. The van der Waals surface area contributed by atoms with Gasteiger partial charge in [0.1, 0.15) is 0 Å². The van der Waals surface area contributed by atoms with Crippen molar-refractivity contribution >= 4 is 23.7 Å². The zero-order valence-corrected chi connectivity index (χ0v) is 20.0. The number of hydrogen-bond acceptors (Lipinski definition) is 0. The van der Waals surface area contributed by atoms with E-state index in [4.69, 9.17) is 0 Å². The van der Waals surface area contributed by atoms with E-state index in [1.54, 1.807) is 0 Å². The molecule has 3 heteroatoms. The average molecular weight is 343 g/mol. The highest BCUT2D eigenvalue weighted by Gasteiger charge is 2.41. The fraction of sp³-hybridized carbons (Fsp3) is 1.00. The molecule has 0 unspecified atom stereocenters. The Morgan fingerprint density at radius 3 is 0.619 bits per heavy atom. The molecule has 0 aliphatic carbocycles. The lowest BCUT2D eigenvalue weighted by Crippen LogP contribution is -2.65. The van der Waals surface area contributed by atoms with Gasteiger partial charge in [0.15, 0.2) is 0 Å². The first kappa shape index (κ1) is 21.7. The molecule has 0 aromatic carbocycles. The van der Waals surface area contributed by atoms with Crippen LogP contribution in [0.4, 0.5) is 0 Å². The van der Waals surface area contributed by atoms with Gasteiger partial charge >= 0.3 is 0 Å². The molecule has 0 amide bonds. The van der Waals surface area contributed by atoms with E-state index in [9.17, 15) is 0 Å². The second-order valence-corrected chi connectivity index (χ2v) is 28.0. The minimum atomic E-state index is -1.26. The second-order valence-electron chi connectivity index (χ2n) is 8.92. The Bertz CT molecular complexity index is 230. The van der Waals surface area contributed by atoms with Gasteiger partial charge in [0.25, 0.3) is 0 Å². The van der Waals surface area contributed by atoms with Crippen LogP contribution in [0.15, 0.2) is 0 Å². The summed E-state index contributed by atoms with van der Waals surface area (Å²) in [6.45, 7) is 30.5. The van der Waals surface area contributed by atoms with Crippen molar-refractivity contribution in [1.29, 1.82) is 0 Å². The Morgan fingerprint density at radius 1 is 0.381 bits per heavy atom. The van der Waals surface area contributed by atoms with Crippen molar-refractivity contribution in [2.45, 2.75) is 116 Å². The monoisotopic (exact) mass is 342 g/mol. The lowest BCUT2D eigenvalue weighted by molar-refractivity contribution is 0.833. The third kappa shape index (κ3) is 3.95. The van der Waals surface area contributed by atoms with Crippen molar-refractivity contribution in [3.05, 3.63) is 0 Å². The van der Waals surface area contributed by atoms with Crippen molar-refractivity contribution in [1.82, 2.24) is 0 Å². The van der Waals surface area contributed by atoms with E-state index in [0.29, 0.717) is 0 Å². The third-order valence-corrected chi connectivity index (χ3v) is 39.3. The molecule has 0 aromatic rings. The molecule has 0 aliphatic rings. The lowest BCUT2D eigenvalue weighted by Gasteiger charge is -2.66. The summed E-state index contributed by atoms with van der Waals surface area (Å²) in [5, 5.41) is 0. The van der Waals surface area contributed by atoms with Crippen LogP contribution in [-0.2, 0) is 0 Å². The van der Waals surface area contributed by atoms with E-state index < -0.39 is 15.2 Å². The van der Waals surface area contributed by atoms with Crippen molar-refractivity contribution < 1.29 is 0 Å². The third-order valence-electron chi connectivity index (χ3n) is 6.17. The maximum atomic E-state index is 2.54. The molecular formula is C18H42Si3-. The van der Waals surface area contributed by atoms with Gasteiger partial charge in [-0.05, 0) is 0 Å². The van der Waals surface area contributed by atoms with Gasteiger partial charge in [-0.1, -0.05) is 116 Å². The lowest BCUT2D eigenvalue weighted by atomic mass is 10.5. The summed E-state index contributed by atoms with van der Waals surface area (Å²) in [6, 6.07) is 0. The molecule has 0 saturated carbocycles. The molecule has 21 heavy (non-hydrogen) atoms. The Kier molecular flexibility index (Phi) is 8.21. The molecule has 0 N–H and O–H groups in total. The first-order chi connectivity index (χ1) is 9.37. The van der Waals surface area contributed by atoms with Crippen LogP contribution in [0.1, 0.15) is 83.1 Å². The predicted octanol–water partition coefficient (Wildman–Crippen LogP) is 7.04. The quantitative estimate of drug-likeness (QED) is 0.415.